The fourth-order valence-electron chi connectivity index (χ4n) is 2.68. The highest BCUT2D eigenvalue weighted by molar-refractivity contribution is 4.88. The maximum Gasteiger partial charge on any atom is 0.0224 e. The van der Waals surface area contributed by atoms with E-state index >= 15 is 0 Å². The molecular formula is C12H22N2. The minimum Gasteiger partial charge on any atom is -0.300 e. The predicted molar refractivity (Wildman–Crippen MR) is 60.5 cm³/mol. The Balaban J connectivity index is 1.74. The molecule has 0 bridgehead atoms. The van der Waals surface area contributed by atoms with E-state index in [4.69, 9.17) is 0 Å². The van der Waals surface area contributed by atoms with Crippen LogP contribution in [0.25, 0.3) is 0 Å². The third-order valence-corrected chi connectivity index (χ3v) is 3.52. The Morgan fingerprint density at radius 1 is 1.29 bits per heavy atom. The van der Waals surface area contributed by atoms with Gasteiger partial charge in [0.2, 0.25) is 0 Å². The van der Waals surface area contributed by atoms with Crippen molar-refractivity contribution in [3.8, 4) is 0 Å². The second-order valence-electron chi connectivity index (χ2n) is 4.49. The minimum absolute atomic E-state index is 0.884. The van der Waals surface area contributed by atoms with Crippen LogP contribution in [-0.4, -0.2) is 48.6 Å². The van der Waals surface area contributed by atoms with Crippen molar-refractivity contribution in [2.24, 2.45) is 0 Å². The Morgan fingerprint density at radius 3 is 3.07 bits per heavy atom. The monoisotopic (exact) mass is 194 g/mol. The summed E-state index contributed by atoms with van der Waals surface area (Å²) in [5.74, 6) is 0. The van der Waals surface area contributed by atoms with Crippen LogP contribution in [0.2, 0.25) is 0 Å². The topological polar surface area (TPSA) is 6.48 Å². The average molecular weight is 194 g/mol. The first-order valence-corrected chi connectivity index (χ1v) is 5.97. The van der Waals surface area contributed by atoms with Gasteiger partial charge in [-0.05, 0) is 32.7 Å². The lowest BCUT2D eigenvalue weighted by atomic mass is 10.1. The molecule has 2 fully saturated rings. The van der Waals surface area contributed by atoms with Crippen molar-refractivity contribution in [3.05, 3.63) is 12.2 Å². The fraction of sp³-hybridized carbons (Fsp3) is 0.833. The molecule has 1 atom stereocenters. The van der Waals surface area contributed by atoms with Gasteiger partial charge in [-0.15, -0.1) is 0 Å². The standard InChI is InChI=1S/C12H22N2/c1-2-3-4-7-13-9-10-14-8-5-6-12(14)11-13/h2-3,12H,4-11H2,1H3. The molecule has 2 saturated heterocycles. The molecule has 0 aromatic heterocycles. The molecule has 0 saturated carbocycles. The molecule has 2 aliphatic heterocycles. The van der Waals surface area contributed by atoms with Crippen molar-refractivity contribution < 1.29 is 0 Å². The van der Waals surface area contributed by atoms with Gasteiger partial charge in [0, 0.05) is 32.2 Å². The highest BCUT2D eigenvalue weighted by atomic mass is 15.3. The van der Waals surface area contributed by atoms with Crippen molar-refractivity contribution in [1.29, 1.82) is 0 Å². The zero-order valence-electron chi connectivity index (χ0n) is 9.28. The van der Waals surface area contributed by atoms with Gasteiger partial charge in [0.15, 0.2) is 0 Å². The smallest absolute Gasteiger partial charge is 0.0224 e. The van der Waals surface area contributed by atoms with Crippen LogP contribution in [-0.2, 0) is 0 Å². The fourth-order valence-corrected chi connectivity index (χ4v) is 2.68. The van der Waals surface area contributed by atoms with E-state index < -0.39 is 0 Å². The van der Waals surface area contributed by atoms with Gasteiger partial charge in [-0.25, -0.2) is 0 Å². The van der Waals surface area contributed by atoms with Crippen molar-refractivity contribution >= 4 is 0 Å². The third kappa shape index (κ3) is 2.37. The van der Waals surface area contributed by atoms with Gasteiger partial charge in [-0.1, -0.05) is 12.2 Å². The lowest BCUT2D eigenvalue weighted by Gasteiger charge is -2.37. The molecule has 2 rings (SSSR count). The molecule has 80 valence electrons. The summed E-state index contributed by atoms with van der Waals surface area (Å²) < 4.78 is 0. The lowest BCUT2D eigenvalue weighted by Crippen LogP contribution is -2.50. The first kappa shape index (κ1) is 10.2. The Kier molecular flexibility index (Phi) is 3.60. The number of rotatable bonds is 3. The van der Waals surface area contributed by atoms with Gasteiger partial charge in [0.25, 0.3) is 0 Å². The van der Waals surface area contributed by atoms with E-state index in [2.05, 4.69) is 28.9 Å². The summed E-state index contributed by atoms with van der Waals surface area (Å²) in [6.45, 7) is 8.63. The number of hydrogen-bond donors (Lipinski definition) is 0. The first-order chi connectivity index (χ1) is 6.90. The van der Waals surface area contributed by atoms with Crippen LogP contribution in [0.4, 0.5) is 0 Å². The Labute approximate surface area is 87.6 Å². The molecule has 0 radical (unpaired) electrons. The van der Waals surface area contributed by atoms with E-state index in [1.165, 1.54) is 52.0 Å². The normalized spacial score (nSPS) is 29.9. The molecule has 0 aromatic rings. The average Bonchev–Trinajstić information content (AvgIpc) is 2.65. The van der Waals surface area contributed by atoms with Crippen molar-refractivity contribution in [1.82, 2.24) is 9.80 Å². The maximum atomic E-state index is 2.67. The summed E-state index contributed by atoms with van der Waals surface area (Å²) in [6.07, 6.45) is 8.52. The van der Waals surface area contributed by atoms with E-state index in [9.17, 15) is 0 Å². The van der Waals surface area contributed by atoms with E-state index in [1.54, 1.807) is 0 Å². The Morgan fingerprint density at radius 2 is 2.21 bits per heavy atom. The molecule has 0 aliphatic carbocycles. The van der Waals surface area contributed by atoms with Crippen LogP contribution in [0.15, 0.2) is 12.2 Å². The number of piperazine rings is 1. The Hall–Kier alpha value is -0.340. The zero-order chi connectivity index (χ0) is 9.80. The summed E-state index contributed by atoms with van der Waals surface area (Å²) in [6, 6.07) is 0.884. The van der Waals surface area contributed by atoms with Gasteiger partial charge >= 0.3 is 0 Å². The SMILES string of the molecule is CC=CCCN1CCN2CCCC2C1. The molecule has 0 spiro atoms. The van der Waals surface area contributed by atoms with Crippen LogP contribution in [0.5, 0.6) is 0 Å². The summed E-state index contributed by atoms with van der Waals surface area (Å²) in [7, 11) is 0. The molecule has 1 unspecified atom stereocenters. The van der Waals surface area contributed by atoms with Crippen LogP contribution >= 0.6 is 0 Å². The van der Waals surface area contributed by atoms with Crippen LogP contribution < -0.4 is 0 Å². The van der Waals surface area contributed by atoms with Crippen molar-refractivity contribution in [2.75, 3.05) is 32.7 Å². The van der Waals surface area contributed by atoms with Crippen LogP contribution in [0.1, 0.15) is 26.2 Å². The first-order valence-electron chi connectivity index (χ1n) is 5.97. The number of nitrogens with zero attached hydrogens (tertiary/aromatic N) is 2. The van der Waals surface area contributed by atoms with E-state index in [0.717, 1.165) is 6.04 Å². The van der Waals surface area contributed by atoms with Crippen LogP contribution in [0.3, 0.4) is 0 Å². The van der Waals surface area contributed by atoms with Gasteiger partial charge in [0.05, 0.1) is 0 Å². The molecule has 14 heavy (non-hydrogen) atoms. The lowest BCUT2D eigenvalue weighted by molar-refractivity contribution is 0.106. The van der Waals surface area contributed by atoms with Crippen molar-refractivity contribution in [2.45, 2.75) is 32.2 Å². The molecular weight excluding hydrogens is 172 g/mol. The summed E-state index contributed by atoms with van der Waals surface area (Å²) in [5, 5.41) is 0. The third-order valence-electron chi connectivity index (χ3n) is 3.52. The molecule has 0 amide bonds. The number of allylic oxidation sites excluding steroid dienone is 1. The van der Waals surface area contributed by atoms with Gasteiger partial charge in [0.1, 0.15) is 0 Å². The molecule has 0 aromatic carbocycles. The minimum atomic E-state index is 0.884. The summed E-state index contributed by atoms with van der Waals surface area (Å²) in [4.78, 5) is 5.30. The zero-order valence-corrected chi connectivity index (χ0v) is 9.28. The second-order valence-corrected chi connectivity index (χ2v) is 4.49. The second kappa shape index (κ2) is 4.94. The Bertz CT molecular complexity index is 200. The van der Waals surface area contributed by atoms with E-state index in [-0.39, 0.29) is 0 Å². The van der Waals surface area contributed by atoms with Gasteiger partial charge < -0.3 is 4.90 Å². The van der Waals surface area contributed by atoms with Gasteiger partial charge in [-0.3, -0.25) is 4.90 Å². The number of hydrogen-bond acceptors (Lipinski definition) is 2. The van der Waals surface area contributed by atoms with E-state index in [0.29, 0.717) is 0 Å². The van der Waals surface area contributed by atoms with E-state index in [1.807, 2.05) is 0 Å². The molecule has 0 N–H and O–H groups in total. The molecule has 2 nitrogen and oxygen atoms in total. The van der Waals surface area contributed by atoms with Crippen molar-refractivity contribution in [3.63, 3.8) is 0 Å². The summed E-state index contributed by atoms with van der Waals surface area (Å²) >= 11 is 0. The predicted octanol–water partition coefficient (Wildman–Crippen LogP) is 1.73. The number of fused-ring (bicyclic) bond motifs is 1. The highest BCUT2D eigenvalue weighted by Gasteiger charge is 2.29. The molecule has 2 heterocycles. The maximum absolute atomic E-state index is 2.67. The largest absolute Gasteiger partial charge is 0.300 e. The van der Waals surface area contributed by atoms with Crippen LogP contribution in [0, 0.1) is 0 Å². The van der Waals surface area contributed by atoms with Gasteiger partial charge in [-0.2, -0.15) is 0 Å². The molecule has 2 aliphatic rings. The molecule has 2 heteroatoms. The summed E-state index contributed by atoms with van der Waals surface area (Å²) in [5.41, 5.74) is 0. The highest BCUT2D eigenvalue weighted by Crippen LogP contribution is 2.21. The quantitative estimate of drug-likeness (QED) is 0.631.